The molecule has 23 aromatic rings. The summed E-state index contributed by atoms with van der Waals surface area (Å²) in [5.74, 6) is 0. The summed E-state index contributed by atoms with van der Waals surface area (Å²) in [6.07, 6.45) is 0. The van der Waals surface area contributed by atoms with Crippen LogP contribution in [0.1, 0.15) is 0 Å². The number of thiophene rings is 1. The van der Waals surface area contributed by atoms with Gasteiger partial charge in [-0.05, 0) is 148 Å². The molecule has 0 N–H and O–H groups in total. The predicted molar refractivity (Wildman–Crippen MR) is 433 cm³/mol. The predicted octanol–water partition coefficient (Wildman–Crippen LogP) is 26.9. The molecule has 7 heterocycles. The third-order valence-electron chi connectivity index (χ3n) is 22.0. The molecule has 0 spiro atoms. The molecule has 0 radical (unpaired) electrons. The van der Waals surface area contributed by atoms with Gasteiger partial charge < -0.3 is 27.1 Å². The minimum atomic E-state index is 0.844. The summed E-state index contributed by atoms with van der Waals surface area (Å²) >= 11 is 1.88. The maximum atomic E-state index is 7.10. The standard InChI is InChI=1S/C96H56N4O2S/c1-2-15-61(16-3-1)68-22-14-23-75-69-17-4-9-24-83(69)97(90(68)75)64-39-29-57(30-40-64)58-31-41-65(42-32-58)98-84-25-10-5-18-70(84)76-49-52-80-82-55-62(38-54-88(82)102-95(80)91(76)98)63-37-47-72-77-48-51-79-73-20-7-12-27-87(73)101-94(79)92(77)100(86(72)56-63)67-45-35-60(36-46-67)59-33-43-66(44-34-59)99-85-26-11-6-19-71(85)78-50-53-81-74-21-8-13-28-89(74)103-96(81)93(78)99/h1-56H. The lowest BCUT2D eigenvalue weighted by molar-refractivity contribution is 0.670. The van der Waals surface area contributed by atoms with Crippen LogP contribution in [0.15, 0.2) is 349 Å². The molecule has 0 unspecified atom stereocenters. The average Bonchev–Trinajstić information content (AvgIpc) is 1.58. The van der Waals surface area contributed by atoms with Gasteiger partial charge in [0.1, 0.15) is 11.2 Å². The second-order valence-electron chi connectivity index (χ2n) is 27.4. The fourth-order valence-corrected chi connectivity index (χ4v) is 18.5. The smallest absolute Gasteiger partial charge is 0.160 e. The molecule has 0 saturated heterocycles. The molecule has 0 amide bonds. The van der Waals surface area contributed by atoms with E-state index >= 15 is 0 Å². The van der Waals surface area contributed by atoms with Gasteiger partial charge >= 0.3 is 0 Å². The zero-order valence-corrected chi connectivity index (χ0v) is 56.2. The Morgan fingerprint density at radius 2 is 0.583 bits per heavy atom. The van der Waals surface area contributed by atoms with Crippen molar-refractivity contribution < 1.29 is 8.83 Å². The Bertz CT molecular complexity index is 7500. The molecule has 0 atom stereocenters. The Kier molecular flexibility index (Phi) is 11.8. The summed E-state index contributed by atoms with van der Waals surface area (Å²) < 4.78 is 26.3. The molecule has 0 fully saturated rings. The number of furan rings is 2. The van der Waals surface area contributed by atoms with Crippen LogP contribution in [0.5, 0.6) is 0 Å². The van der Waals surface area contributed by atoms with E-state index in [0.29, 0.717) is 0 Å². The third kappa shape index (κ3) is 8.19. The van der Waals surface area contributed by atoms with Gasteiger partial charge in [-0.3, -0.25) is 0 Å². The SMILES string of the molecule is c1ccc(-c2cccc3c4ccccc4n(-c4ccc(-c5ccc(-n6c7ccccc7c7ccc8c9cc(-c%10ccc%11c%12ccc%13c%14ccccc%14oc%13c%12n(-c%12ccc(-c%13ccc(-n%14c%15ccccc%15c%15ccc%16c%17ccccc%17sc%16c%15%14)cc%13)cc%12)c%11c%10)ccc9oc8c76)cc5)cc4)c23)cc1. The van der Waals surface area contributed by atoms with Gasteiger partial charge in [-0.2, -0.15) is 0 Å². The van der Waals surface area contributed by atoms with Crippen LogP contribution in [-0.2, 0) is 0 Å². The maximum Gasteiger partial charge on any atom is 0.160 e. The van der Waals surface area contributed by atoms with E-state index in [-0.39, 0.29) is 0 Å². The van der Waals surface area contributed by atoms with Crippen molar-refractivity contribution in [2.75, 3.05) is 0 Å². The Labute approximate surface area is 592 Å². The van der Waals surface area contributed by atoms with Crippen molar-refractivity contribution in [3.05, 3.63) is 340 Å². The summed E-state index contributed by atoms with van der Waals surface area (Å²) in [6, 6.07) is 124. The lowest BCUT2D eigenvalue weighted by atomic mass is 10.0. The van der Waals surface area contributed by atoms with Gasteiger partial charge in [0.05, 0.1) is 48.8 Å². The highest BCUT2D eigenvalue weighted by atomic mass is 32.1. The van der Waals surface area contributed by atoms with Crippen molar-refractivity contribution in [3.8, 4) is 67.3 Å². The Balaban J connectivity index is 0.611. The number of aromatic nitrogens is 4. The number of para-hydroxylation sites is 5. The highest BCUT2D eigenvalue weighted by Crippen LogP contribution is 2.48. The summed E-state index contributed by atoms with van der Waals surface area (Å²) in [4.78, 5) is 0. The van der Waals surface area contributed by atoms with Crippen molar-refractivity contribution in [1.29, 1.82) is 0 Å². The van der Waals surface area contributed by atoms with Crippen molar-refractivity contribution >= 4 is 163 Å². The number of nitrogens with zero attached hydrogens (tertiary/aromatic N) is 4. The molecular formula is C96H56N4O2S. The minimum Gasteiger partial charge on any atom is -0.454 e. The van der Waals surface area contributed by atoms with E-state index in [9.17, 15) is 0 Å². The van der Waals surface area contributed by atoms with Crippen LogP contribution in [0.2, 0.25) is 0 Å². The van der Waals surface area contributed by atoms with Gasteiger partial charge in [0.25, 0.3) is 0 Å². The third-order valence-corrected chi connectivity index (χ3v) is 23.2. The van der Waals surface area contributed by atoms with E-state index in [4.69, 9.17) is 8.83 Å². The highest BCUT2D eigenvalue weighted by molar-refractivity contribution is 7.26. The van der Waals surface area contributed by atoms with E-state index < -0.39 is 0 Å². The van der Waals surface area contributed by atoms with Gasteiger partial charge in [-0.15, -0.1) is 11.3 Å². The van der Waals surface area contributed by atoms with Gasteiger partial charge in [0.2, 0.25) is 0 Å². The van der Waals surface area contributed by atoms with E-state index in [1.54, 1.807) is 0 Å². The first-order chi connectivity index (χ1) is 51.1. The van der Waals surface area contributed by atoms with E-state index in [2.05, 4.69) is 358 Å². The molecule has 7 aromatic heterocycles. The fourth-order valence-electron chi connectivity index (χ4n) is 17.3. The average molecular weight is 1330 g/mol. The first-order valence-corrected chi connectivity index (χ1v) is 36.0. The maximum absolute atomic E-state index is 7.10. The molecule has 0 bridgehead atoms. The first kappa shape index (κ1) is 56.4. The number of fused-ring (bicyclic) bond motifs is 24. The fraction of sp³-hybridized carbons (Fsp3) is 0. The van der Waals surface area contributed by atoms with E-state index in [1.165, 1.54) is 80.3 Å². The molecule has 23 rings (SSSR count). The Morgan fingerprint density at radius 1 is 0.204 bits per heavy atom. The second-order valence-corrected chi connectivity index (χ2v) is 28.5. The van der Waals surface area contributed by atoms with Crippen LogP contribution in [0, 0.1) is 0 Å². The lowest BCUT2D eigenvalue weighted by Gasteiger charge is -2.13. The molecule has 478 valence electrons. The number of benzene rings is 16. The van der Waals surface area contributed by atoms with Crippen molar-refractivity contribution in [3.63, 3.8) is 0 Å². The van der Waals surface area contributed by atoms with Gasteiger partial charge in [0, 0.05) is 108 Å². The molecule has 103 heavy (non-hydrogen) atoms. The van der Waals surface area contributed by atoms with Crippen LogP contribution in [0.25, 0.3) is 219 Å². The van der Waals surface area contributed by atoms with E-state index in [1.807, 2.05) is 11.3 Å². The summed E-state index contributed by atoms with van der Waals surface area (Å²) in [5.41, 5.74) is 26.2. The summed E-state index contributed by atoms with van der Waals surface area (Å²) in [6.45, 7) is 0. The molecule has 6 nitrogen and oxygen atoms in total. The number of rotatable bonds is 8. The number of hydrogen-bond acceptors (Lipinski definition) is 3. The lowest BCUT2D eigenvalue weighted by Crippen LogP contribution is -1.96. The van der Waals surface area contributed by atoms with Crippen LogP contribution < -0.4 is 0 Å². The molecule has 0 aliphatic heterocycles. The van der Waals surface area contributed by atoms with Crippen LogP contribution in [-0.4, -0.2) is 18.3 Å². The van der Waals surface area contributed by atoms with E-state index in [0.717, 1.165) is 138 Å². The molecule has 16 aromatic carbocycles. The monoisotopic (exact) mass is 1330 g/mol. The van der Waals surface area contributed by atoms with Crippen LogP contribution in [0.3, 0.4) is 0 Å². The van der Waals surface area contributed by atoms with Crippen LogP contribution in [0.4, 0.5) is 0 Å². The Hall–Kier alpha value is -13.5. The van der Waals surface area contributed by atoms with Crippen LogP contribution >= 0.6 is 11.3 Å². The summed E-state index contributed by atoms with van der Waals surface area (Å²) in [7, 11) is 0. The zero-order valence-electron chi connectivity index (χ0n) is 55.3. The summed E-state index contributed by atoms with van der Waals surface area (Å²) in [5, 5.41) is 16.6. The highest BCUT2D eigenvalue weighted by Gasteiger charge is 2.25. The zero-order chi connectivity index (χ0) is 67.1. The molecular weight excluding hydrogens is 1270 g/mol. The van der Waals surface area contributed by atoms with Gasteiger partial charge in [0.15, 0.2) is 11.2 Å². The van der Waals surface area contributed by atoms with Crippen molar-refractivity contribution in [2.24, 2.45) is 0 Å². The second kappa shape index (κ2) is 21.5. The molecule has 0 aliphatic rings. The topological polar surface area (TPSA) is 46.0 Å². The first-order valence-electron chi connectivity index (χ1n) is 35.2. The molecule has 0 aliphatic carbocycles. The largest absolute Gasteiger partial charge is 0.454 e. The van der Waals surface area contributed by atoms with Crippen molar-refractivity contribution in [2.45, 2.75) is 0 Å². The minimum absolute atomic E-state index is 0.844. The number of hydrogen-bond donors (Lipinski definition) is 0. The Morgan fingerprint density at radius 3 is 1.17 bits per heavy atom. The quantitative estimate of drug-likeness (QED) is 0.152. The molecule has 0 saturated carbocycles. The van der Waals surface area contributed by atoms with Gasteiger partial charge in [-0.25, -0.2) is 0 Å². The molecule has 7 heteroatoms. The van der Waals surface area contributed by atoms with Crippen molar-refractivity contribution in [1.82, 2.24) is 18.3 Å². The normalized spacial score (nSPS) is 12.3. The van der Waals surface area contributed by atoms with Gasteiger partial charge in [-0.1, -0.05) is 231 Å².